The molecule has 2 aromatic carbocycles. The van der Waals surface area contributed by atoms with Crippen molar-refractivity contribution in [1.29, 1.82) is 0 Å². The van der Waals surface area contributed by atoms with Gasteiger partial charge in [0.15, 0.2) is 0 Å². The van der Waals surface area contributed by atoms with Crippen molar-refractivity contribution in [3.05, 3.63) is 69.3 Å². The van der Waals surface area contributed by atoms with E-state index < -0.39 is 33.4 Å². The summed E-state index contributed by atoms with van der Waals surface area (Å²) in [6, 6.07) is 10.3. The molecule has 0 saturated heterocycles. The highest BCUT2D eigenvalue weighted by Crippen LogP contribution is 2.28. The van der Waals surface area contributed by atoms with E-state index in [-0.39, 0.29) is 29.9 Å². The van der Waals surface area contributed by atoms with Crippen molar-refractivity contribution >= 4 is 33.2 Å². The molecule has 36 heavy (non-hydrogen) atoms. The maximum Gasteiger partial charge on any atom is 0.271 e. The first kappa shape index (κ1) is 28.8. The van der Waals surface area contributed by atoms with Crippen LogP contribution in [0, 0.1) is 24.0 Å². The third-order valence-electron chi connectivity index (χ3n) is 5.77. The lowest BCUT2D eigenvalue weighted by Gasteiger charge is -2.33. The summed E-state index contributed by atoms with van der Waals surface area (Å²) in [5.41, 5.74) is 1.93. The second-order valence-electron chi connectivity index (χ2n) is 9.03. The second-order valence-corrected chi connectivity index (χ2v) is 10.9. The second kappa shape index (κ2) is 12.0. The molecule has 0 spiro atoms. The van der Waals surface area contributed by atoms with Crippen LogP contribution in [0.5, 0.6) is 0 Å². The van der Waals surface area contributed by atoms with Crippen molar-refractivity contribution in [1.82, 2.24) is 10.2 Å². The van der Waals surface area contributed by atoms with Crippen molar-refractivity contribution in [2.75, 3.05) is 17.1 Å². The number of benzene rings is 2. The van der Waals surface area contributed by atoms with Crippen LogP contribution in [0.15, 0.2) is 42.5 Å². The number of rotatable bonds is 11. The van der Waals surface area contributed by atoms with Crippen LogP contribution in [-0.4, -0.2) is 54.9 Å². The molecular formula is C25H34N4O6S. The van der Waals surface area contributed by atoms with Crippen LogP contribution >= 0.6 is 0 Å². The minimum Gasteiger partial charge on any atom is -0.352 e. The number of non-ortho nitro benzene ring substituents is 1. The molecule has 2 aromatic rings. The summed E-state index contributed by atoms with van der Waals surface area (Å²) in [4.78, 5) is 38.8. The maximum absolute atomic E-state index is 13.7. The van der Waals surface area contributed by atoms with E-state index in [1.807, 2.05) is 45.0 Å². The quantitative estimate of drug-likeness (QED) is 0.359. The molecule has 1 N–H and O–H groups in total. The molecule has 0 bridgehead atoms. The lowest BCUT2D eigenvalue weighted by Crippen LogP contribution is -2.53. The van der Waals surface area contributed by atoms with Gasteiger partial charge in [0, 0.05) is 24.7 Å². The molecule has 10 nitrogen and oxygen atoms in total. The van der Waals surface area contributed by atoms with E-state index in [0.717, 1.165) is 27.8 Å². The van der Waals surface area contributed by atoms with Gasteiger partial charge in [-0.25, -0.2) is 8.42 Å². The van der Waals surface area contributed by atoms with Crippen molar-refractivity contribution in [3.63, 3.8) is 0 Å². The predicted molar refractivity (Wildman–Crippen MR) is 139 cm³/mol. The summed E-state index contributed by atoms with van der Waals surface area (Å²) < 4.78 is 26.4. The zero-order chi connectivity index (χ0) is 27.2. The zero-order valence-electron chi connectivity index (χ0n) is 21.5. The standard InChI is InChI=1S/C25H34N4O6S/c1-7-22(25(31)26-17(2)3)27(15-20-11-9-8-10-18(20)4)24(30)16-28(36(6,34)35)23-14-21(29(32)33)13-12-19(23)5/h8-14,17,22H,7,15-16H2,1-6H3,(H,26,31). The van der Waals surface area contributed by atoms with Gasteiger partial charge >= 0.3 is 0 Å². The van der Waals surface area contributed by atoms with Crippen LogP contribution in [-0.2, 0) is 26.2 Å². The fraction of sp³-hybridized carbons (Fsp3) is 0.440. The number of sulfonamides is 1. The molecule has 0 aliphatic rings. The number of amides is 2. The van der Waals surface area contributed by atoms with Crippen molar-refractivity contribution < 1.29 is 22.9 Å². The predicted octanol–water partition coefficient (Wildman–Crippen LogP) is 3.31. The minimum atomic E-state index is -4.00. The summed E-state index contributed by atoms with van der Waals surface area (Å²) in [7, 11) is -4.00. The van der Waals surface area contributed by atoms with E-state index in [0.29, 0.717) is 12.0 Å². The van der Waals surface area contributed by atoms with Crippen LogP contribution in [0.2, 0.25) is 0 Å². The highest BCUT2D eigenvalue weighted by atomic mass is 32.2. The molecule has 1 unspecified atom stereocenters. The molecule has 0 saturated carbocycles. The highest BCUT2D eigenvalue weighted by Gasteiger charge is 2.33. The van der Waals surface area contributed by atoms with E-state index in [1.165, 1.54) is 17.0 Å². The van der Waals surface area contributed by atoms with E-state index >= 15 is 0 Å². The summed E-state index contributed by atoms with van der Waals surface area (Å²) in [6.45, 7) is 8.39. The van der Waals surface area contributed by atoms with Gasteiger partial charge in [0.1, 0.15) is 12.6 Å². The Balaban J connectivity index is 2.55. The molecule has 0 aliphatic heterocycles. The molecule has 0 radical (unpaired) electrons. The summed E-state index contributed by atoms with van der Waals surface area (Å²) in [6.07, 6.45) is 1.25. The first-order valence-electron chi connectivity index (χ1n) is 11.6. The topological polar surface area (TPSA) is 130 Å². The summed E-state index contributed by atoms with van der Waals surface area (Å²) in [5.74, 6) is -0.938. The Bertz CT molecular complexity index is 1230. The van der Waals surface area contributed by atoms with Gasteiger partial charge in [-0.05, 0) is 50.8 Å². The fourth-order valence-corrected chi connectivity index (χ4v) is 4.74. The number of carbonyl (C=O) groups is 2. The van der Waals surface area contributed by atoms with Crippen molar-refractivity contribution in [2.45, 2.75) is 59.7 Å². The Morgan fingerprint density at radius 1 is 1.08 bits per heavy atom. The Morgan fingerprint density at radius 2 is 1.72 bits per heavy atom. The van der Waals surface area contributed by atoms with Crippen LogP contribution < -0.4 is 9.62 Å². The van der Waals surface area contributed by atoms with Crippen molar-refractivity contribution in [2.24, 2.45) is 0 Å². The maximum atomic E-state index is 13.7. The zero-order valence-corrected chi connectivity index (χ0v) is 22.3. The SMILES string of the molecule is CCC(C(=O)NC(C)C)N(Cc1ccccc1C)C(=O)CN(c1cc([N+](=O)[O-])ccc1C)S(C)(=O)=O. The van der Waals surface area contributed by atoms with Gasteiger partial charge in [-0.15, -0.1) is 0 Å². The first-order chi connectivity index (χ1) is 16.8. The van der Waals surface area contributed by atoms with Gasteiger partial charge < -0.3 is 10.2 Å². The van der Waals surface area contributed by atoms with Crippen molar-refractivity contribution in [3.8, 4) is 0 Å². The normalized spacial score (nSPS) is 12.2. The smallest absolute Gasteiger partial charge is 0.271 e. The number of nitro groups is 1. The number of hydrogen-bond acceptors (Lipinski definition) is 6. The average molecular weight is 519 g/mol. The number of nitrogens with zero attached hydrogens (tertiary/aromatic N) is 3. The van der Waals surface area contributed by atoms with Gasteiger partial charge in [-0.1, -0.05) is 37.3 Å². The number of nitro benzene ring substituents is 1. The van der Waals surface area contributed by atoms with Gasteiger partial charge in [0.25, 0.3) is 5.69 Å². The van der Waals surface area contributed by atoms with Crippen LogP contribution in [0.4, 0.5) is 11.4 Å². The lowest BCUT2D eigenvalue weighted by molar-refractivity contribution is -0.384. The summed E-state index contributed by atoms with van der Waals surface area (Å²) in [5, 5.41) is 14.1. The molecule has 11 heteroatoms. The first-order valence-corrected chi connectivity index (χ1v) is 13.5. The molecule has 196 valence electrons. The number of anilines is 1. The molecule has 0 fully saturated rings. The Kier molecular flexibility index (Phi) is 9.57. The Hall–Kier alpha value is -3.47. The van der Waals surface area contributed by atoms with Gasteiger partial charge in [-0.3, -0.25) is 24.0 Å². The van der Waals surface area contributed by atoms with Gasteiger partial charge in [0.2, 0.25) is 21.8 Å². The molecule has 0 aliphatic carbocycles. The number of hydrogen-bond donors (Lipinski definition) is 1. The van der Waals surface area contributed by atoms with Crippen LogP contribution in [0.1, 0.15) is 43.9 Å². The van der Waals surface area contributed by atoms with Crippen LogP contribution in [0.3, 0.4) is 0 Å². The average Bonchev–Trinajstić information content (AvgIpc) is 2.77. The third-order valence-corrected chi connectivity index (χ3v) is 6.90. The fourth-order valence-electron chi connectivity index (χ4n) is 3.85. The minimum absolute atomic E-state index is 0.0376. The van der Waals surface area contributed by atoms with E-state index in [1.54, 1.807) is 13.8 Å². The van der Waals surface area contributed by atoms with E-state index in [4.69, 9.17) is 0 Å². The Morgan fingerprint density at radius 3 is 2.25 bits per heavy atom. The highest BCUT2D eigenvalue weighted by molar-refractivity contribution is 7.92. The number of nitrogens with one attached hydrogen (secondary N) is 1. The van der Waals surface area contributed by atoms with Gasteiger partial charge in [0.05, 0.1) is 16.9 Å². The molecule has 0 heterocycles. The molecule has 1 atom stereocenters. The lowest BCUT2D eigenvalue weighted by atomic mass is 10.1. The Labute approximate surface area is 212 Å². The molecule has 2 rings (SSSR count). The van der Waals surface area contributed by atoms with E-state index in [2.05, 4.69) is 5.32 Å². The number of carbonyl (C=O) groups excluding carboxylic acids is 2. The number of aryl methyl sites for hydroxylation is 2. The van der Waals surface area contributed by atoms with E-state index in [9.17, 15) is 28.1 Å². The van der Waals surface area contributed by atoms with Gasteiger partial charge in [-0.2, -0.15) is 0 Å². The largest absolute Gasteiger partial charge is 0.352 e. The molecular weight excluding hydrogens is 484 g/mol. The summed E-state index contributed by atoms with van der Waals surface area (Å²) >= 11 is 0. The monoisotopic (exact) mass is 518 g/mol. The third kappa shape index (κ3) is 7.27. The van der Waals surface area contributed by atoms with Crippen LogP contribution in [0.25, 0.3) is 0 Å². The molecule has 0 aromatic heterocycles. The molecule has 2 amide bonds.